The van der Waals surface area contributed by atoms with Crippen molar-refractivity contribution in [1.82, 2.24) is 25.4 Å². The summed E-state index contributed by atoms with van der Waals surface area (Å²) >= 11 is 2.85. The maximum atomic E-state index is 12.7. The Morgan fingerprint density at radius 3 is 2.82 bits per heavy atom. The molecular weight excluding hydrogens is 322 g/mol. The van der Waals surface area contributed by atoms with E-state index in [-0.39, 0.29) is 12.5 Å². The summed E-state index contributed by atoms with van der Waals surface area (Å²) in [6, 6.07) is 4.82. The topological polar surface area (TPSA) is 88.1 Å². The number of rotatable bonds is 4. The molecular formula is C13H13N5O2S2. The first-order valence-electron chi connectivity index (χ1n) is 6.46. The highest BCUT2D eigenvalue weighted by Crippen LogP contribution is 2.29. The number of hydrogen-bond acceptors (Lipinski definition) is 7. The van der Waals surface area contributed by atoms with Gasteiger partial charge in [0.1, 0.15) is 5.01 Å². The van der Waals surface area contributed by atoms with Crippen LogP contribution in [0, 0.1) is 0 Å². The average molecular weight is 335 g/mol. The van der Waals surface area contributed by atoms with Crippen LogP contribution in [0.3, 0.4) is 0 Å². The molecule has 0 saturated carbocycles. The molecule has 2 aromatic rings. The molecule has 3 rings (SSSR count). The monoisotopic (exact) mass is 335 g/mol. The number of thioether (sulfide) groups is 1. The molecule has 1 fully saturated rings. The number of hydrogen-bond donors (Lipinski definition) is 1. The summed E-state index contributed by atoms with van der Waals surface area (Å²) in [4.78, 5) is 30.2. The predicted octanol–water partition coefficient (Wildman–Crippen LogP) is 1.62. The van der Waals surface area contributed by atoms with Crippen LogP contribution in [0.15, 0.2) is 28.7 Å². The third-order valence-corrected chi connectivity index (χ3v) is 5.25. The summed E-state index contributed by atoms with van der Waals surface area (Å²) in [5.41, 5.74) is -0.635. The molecule has 0 radical (unpaired) electrons. The second kappa shape index (κ2) is 5.65. The molecule has 7 nitrogen and oxygen atoms in total. The smallest absolute Gasteiger partial charge is 0.318 e. The van der Waals surface area contributed by atoms with Gasteiger partial charge in [0.2, 0.25) is 0 Å². The first-order valence-corrected chi connectivity index (χ1v) is 8.50. The highest BCUT2D eigenvalue weighted by Gasteiger charge is 2.50. The Morgan fingerprint density at radius 2 is 2.18 bits per heavy atom. The van der Waals surface area contributed by atoms with Crippen molar-refractivity contribution in [2.24, 2.45) is 0 Å². The minimum absolute atomic E-state index is 0.116. The molecule has 3 heterocycles. The van der Waals surface area contributed by atoms with E-state index in [1.165, 1.54) is 23.1 Å². The SMILES string of the molecule is CSc1nnc(CN2C(=O)NC(C)(c3ccccn3)C2=O)s1. The largest absolute Gasteiger partial charge is 0.325 e. The Hall–Kier alpha value is -2.00. The minimum Gasteiger partial charge on any atom is -0.318 e. The molecule has 0 aromatic carbocycles. The Bertz CT molecular complexity index is 720. The van der Waals surface area contributed by atoms with Crippen LogP contribution in [0.5, 0.6) is 0 Å². The van der Waals surface area contributed by atoms with Crippen LogP contribution in [0.1, 0.15) is 17.6 Å². The van der Waals surface area contributed by atoms with Crippen LogP contribution >= 0.6 is 23.1 Å². The second-order valence-corrected chi connectivity index (χ2v) is 6.94. The van der Waals surface area contributed by atoms with Crippen molar-refractivity contribution in [3.63, 3.8) is 0 Å². The average Bonchev–Trinajstić information content (AvgIpc) is 3.07. The van der Waals surface area contributed by atoms with Crippen LogP contribution in [-0.4, -0.2) is 38.3 Å². The summed E-state index contributed by atoms with van der Waals surface area (Å²) in [5.74, 6) is -0.336. The zero-order chi connectivity index (χ0) is 15.7. The summed E-state index contributed by atoms with van der Waals surface area (Å²) in [7, 11) is 0. The first kappa shape index (κ1) is 14.9. The van der Waals surface area contributed by atoms with E-state index in [1.807, 2.05) is 6.26 Å². The molecule has 2 aromatic heterocycles. The van der Waals surface area contributed by atoms with Crippen molar-refractivity contribution in [3.8, 4) is 0 Å². The number of nitrogens with one attached hydrogen (secondary N) is 1. The number of carbonyl (C=O) groups is 2. The van der Waals surface area contributed by atoms with Gasteiger partial charge in [0.05, 0.1) is 12.2 Å². The van der Waals surface area contributed by atoms with E-state index < -0.39 is 11.6 Å². The van der Waals surface area contributed by atoms with Gasteiger partial charge in [-0.3, -0.25) is 14.7 Å². The molecule has 1 atom stereocenters. The summed E-state index contributed by atoms with van der Waals surface area (Å²) in [6.45, 7) is 1.77. The zero-order valence-electron chi connectivity index (χ0n) is 11.9. The lowest BCUT2D eigenvalue weighted by Crippen LogP contribution is -2.41. The maximum absolute atomic E-state index is 12.7. The van der Waals surface area contributed by atoms with Gasteiger partial charge in [-0.2, -0.15) is 0 Å². The number of urea groups is 1. The lowest BCUT2D eigenvalue weighted by molar-refractivity contribution is -0.131. The molecule has 3 amide bonds. The number of imide groups is 1. The Morgan fingerprint density at radius 1 is 1.36 bits per heavy atom. The van der Waals surface area contributed by atoms with Crippen molar-refractivity contribution >= 4 is 35.0 Å². The van der Waals surface area contributed by atoms with Gasteiger partial charge in [0, 0.05) is 6.20 Å². The van der Waals surface area contributed by atoms with Crippen LogP contribution in [0.2, 0.25) is 0 Å². The van der Waals surface area contributed by atoms with Crippen LogP contribution in [0.4, 0.5) is 4.79 Å². The molecule has 1 aliphatic heterocycles. The number of nitrogens with zero attached hydrogens (tertiary/aromatic N) is 4. The standard InChI is InChI=1S/C13H13N5O2S2/c1-13(8-5-3-4-6-14-8)10(19)18(11(20)15-13)7-9-16-17-12(21-2)22-9/h3-6H,7H2,1-2H3,(H,15,20). The van der Waals surface area contributed by atoms with E-state index in [2.05, 4.69) is 20.5 Å². The van der Waals surface area contributed by atoms with Crippen molar-refractivity contribution in [2.45, 2.75) is 23.3 Å². The van der Waals surface area contributed by atoms with E-state index in [0.29, 0.717) is 10.7 Å². The molecule has 1 aliphatic rings. The van der Waals surface area contributed by atoms with Gasteiger partial charge in [-0.25, -0.2) is 4.79 Å². The molecule has 1 saturated heterocycles. The highest BCUT2D eigenvalue weighted by molar-refractivity contribution is 8.00. The van der Waals surface area contributed by atoms with E-state index in [1.54, 1.807) is 31.3 Å². The minimum atomic E-state index is -1.15. The fourth-order valence-electron chi connectivity index (χ4n) is 2.19. The van der Waals surface area contributed by atoms with Crippen molar-refractivity contribution in [1.29, 1.82) is 0 Å². The molecule has 9 heteroatoms. The number of pyridine rings is 1. The van der Waals surface area contributed by atoms with Gasteiger partial charge in [0.15, 0.2) is 9.88 Å². The van der Waals surface area contributed by atoms with Crippen molar-refractivity contribution in [2.75, 3.05) is 6.26 Å². The number of aromatic nitrogens is 3. The first-order chi connectivity index (χ1) is 10.5. The van der Waals surface area contributed by atoms with Crippen LogP contribution in [-0.2, 0) is 16.9 Å². The maximum Gasteiger partial charge on any atom is 0.325 e. The lowest BCUT2D eigenvalue weighted by atomic mass is 9.97. The normalized spacial score (nSPS) is 21.3. The third-order valence-electron chi connectivity index (χ3n) is 3.37. The molecule has 1 unspecified atom stereocenters. The van der Waals surface area contributed by atoms with Crippen molar-refractivity contribution in [3.05, 3.63) is 35.1 Å². The van der Waals surface area contributed by atoms with Gasteiger partial charge >= 0.3 is 6.03 Å². The number of amides is 3. The van der Waals surface area contributed by atoms with Crippen LogP contribution in [0.25, 0.3) is 0 Å². The molecule has 114 valence electrons. The fraction of sp³-hybridized carbons (Fsp3) is 0.308. The van der Waals surface area contributed by atoms with Crippen molar-refractivity contribution < 1.29 is 9.59 Å². The Labute approximate surface area is 135 Å². The Kier molecular flexibility index (Phi) is 3.83. The lowest BCUT2D eigenvalue weighted by Gasteiger charge is -2.20. The summed E-state index contributed by atoms with van der Waals surface area (Å²) in [5, 5.41) is 11.3. The van der Waals surface area contributed by atoms with E-state index >= 15 is 0 Å². The molecule has 22 heavy (non-hydrogen) atoms. The second-order valence-electron chi connectivity index (χ2n) is 4.83. The van der Waals surface area contributed by atoms with Gasteiger partial charge in [-0.05, 0) is 25.3 Å². The van der Waals surface area contributed by atoms with E-state index in [0.717, 1.165) is 9.24 Å². The predicted molar refractivity (Wildman–Crippen MR) is 82.4 cm³/mol. The van der Waals surface area contributed by atoms with Gasteiger partial charge in [0.25, 0.3) is 5.91 Å². The van der Waals surface area contributed by atoms with Gasteiger partial charge in [-0.1, -0.05) is 29.2 Å². The zero-order valence-corrected chi connectivity index (χ0v) is 13.6. The highest BCUT2D eigenvalue weighted by atomic mass is 32.2. The molecule has 1 N–H and O–H groups in total. The Balaban J connectivity index is 1.85. The summed E-state index contributed by atoms with van der Waals surface area (Å²) < 4.78 is 0.801. The summed E-state index contributed by atoms with van der Waals surface area (Å²) in [6.07, 6.45) is 3.49. The molecule has 0 bridgehead atoms. The van der Waals surface area contributed by atoms with E-state index in [9.17, 15) is 9.59 Å². The molecule has 0 spiro atoms. The third kappa shape index (κ3) is 2.46. The fourth-order valence-corrected chi connectivity index (χ4v) is 3.50. The van der Waals surface area contributed by atoms with Gasteiger partial charge < -0.3 is 5.32 Å². The quantitative estimate of drug-likeness (QED) is 0.675. The van der Waals surface area contributed by atoms with E-state index in [4.69, 9.17) is 0 Å². The van der Waals surface area contributed by atoms with Crippen LogP contribution < -0.4 is 5.32 Å². The number of carbonyl (C=O) groups excluding carboxylic acids is 2. The molecule has 0 aliphatic carbocycles. The van der Waals surface area contributed by atoms with Gasteiger partial charge in [-0.15, -0.1) is 10.2 Å².